The predicted molar refractivity (Wildman–Crippen MR) is 132 cm³/mol. The van der Waals surface area contributed by atoms with Gasteiger partial charge in [0.15, 0.2) is 0 Å². The van der Waals surface area contributed by atoms with Gasteiger partial charge in [0.25, 0.3) is 5.91 Å². The van der Waals surface area contributed by atoms with Crippen LogP contribution in [-0.2, 0) is 20.9 Å². The molecular weight excluding hydrogens is 559 g/mol. The zero-order valence-corrected chi connectivity index (χ0v) is 20.9. The minimum Gasteiger partial charge on any atom is -0.501 e. The number of hydrogen-bond acceptors (Lipinski definition) is 8. The summed E-state index contributed by atoms with van der Waals surface area (Å²) in [7, 11) is 0. The normalized spacial score (nSPS) is 12.2. The fourth-order valence-corrected chi connectivity index (χ4v) is 3.20. The van der Waals surface area contributed by atoms with Crippen molar-refractivity contribution in [2.75, 3.05) is 6.61 Å². The summed E-state index contributed by atoms with van der Waals surface area (Å²) in [6.45, 7) is 5.14. The van der Waals surface area contributed by atoms with Gasteiger partial charge in [-0.25, -0.2) is 10.2 Å². The fraction of sp³-hybridized carbons (Fsp3) is 0.318. The summed E-state index contributed by atoms with van der Waals surface area (Å²) in [4.78, 5) is 35.2. The molecule has 0 aliphatic rings. The number of hydrogen-bond donors (Lipinski definition) is 3. The van der Waals surface area contributed by atoms with Gasteiger partial charge in [0.2, 0.25) is 5.75 Å². The van der Waals surface area contributed by atoms with Crippen molar-refractivity contribution in [2.45, 2.75) is 39.0 Å². The number of benzene rings is 2. The first kappa shape index (κ1) is 27.0. The Balaban J connectivity index is 2.07. The number of amides is 2. The Morgan fingerprint density at radius 3 is 2.56 bits per heavy atom. The van der Waals surface area contributed by atoms with Crippen molar-refractivity contribution in [1.82, 2.24) is 10.7 Å². The molecule has 0 heterocycles. The number of phenolic OH excluding ortho intramolecular Hbond substituents is 1. The number of nitrogens with zero attached hydrogens (tertiary/aromatic N) is 2. The lowest BCUT2D eigenvalue weighted by Crippen LogP contribution is -2.49. The minimum absolute atomic E-state index is 0.155. The van der Waals surface area contributed by atoms with E-state index in [2.05, 4.69) is 15.8 Å². The summed E-state index contributed by atoms with van der Waals surface area (Å²) < 4.78 is 11.0. The number of carbonyl (C=O) groups excluding carboxylic acids is 2. The van der Waals surface area contributed by atoms with Gasteiger partial charge in [-0.05, 0) is 55.0 Å². The number of carbonyl (C=O) groups is 2. The Morgan fingerprint density at radius 2 is 1.94 bits per heavy atom. The predicted octanol–water partition coefficient (Wildman–Crippen LogP) is 3.47. The van der Waals surface area contributed by atoms with Crippen LogP contribution in [0.4, 0.5) is 10.5 Å². The molecule has 0 radical (unpaired) electrons. The van der Waals surface area contributed by atoms with Gasteiger partial charge in [-0.1, -0.05) is 30.3 Å². The zero-order valence-electron chi connectivity index (χ0n) is 18.8. The molecule has 1 atom stereocenters. The number of ether oxygens (including phenoxy) is 2. The minimum atomic E-state index is -1.12. The maximum atomic E-state index is 12.6. The number of phenols is 1. The van der Waals surface area contributed by atoms with E-state index in [4.69, 9.17) is 9.47 Å². The first-order valence-electron chi connectivity index (χ1n) is 10.1. The number of nitrogens with one attached hydrogen (secondary N) is 2. The van der Waals surface area contributed by atoms with Gasteiger partial charge in [0, 0.05) is 11.6 Å². The van der Waals surface area contributed by atoms with E-state index < -0.39 is 40.0 Å². The summed E-state index contributed by atoms with van der Waals surface area (Å²) in [5, 5.41) is 27.1. The Kier molecular flexibility index (Phi) is 9.74. The van der Waals surface area contributed by atoms with Crippen LogP contribution in [-0.4, -0.2) is 46.5 Å². The third kappa shape index (κ3) is 8.94. The summed E-state index contributed by atoms with van der Waals surface area (Å²) in [6, 6.07) is 10.7. The number of rotatable bonds is 9. The highest BCUT2D eigenvalue weighted by Gasteiger charge is 2.25. The van der Waals surface area contributed by atoms with E-state index in [1.165, 1.54) is 12.3 Å². The van der Waals surface area contributed by atoms with Crippen molar-refractivity contribution in [3.8, 4) is 5.75 Å². The van der Waals surface area contributed by atoms with E-state index in [0.29, 0.717) is 0 Å². The van der Waals surface area contributed by atoms with E-state index in [9.17, 15) is 24.8 Å². The number of hydrazone groups is 1. The summed E-state index contributed by atoms with van der Waals surface area (Å²) in [5.74, 6) is -1.14. The van der Waals surface area contributed by atoms with Gasteiger partial charge in [0.1, 0.15) is 11.6 Å². The molecule has 0 fully saturated rings. The van der Waals surface area contributed by atoms with Gasteiger partial charge in [0.05, 0.1) is 27.9 Å². The van der Waals surface area contributed by atoms with Crippen LogP contribution in [0.25, 0.3) is 0 Å². The van der Waals surface area contributed by atoms with Crippen molar-refractivity contribution in [3.05, 3.63) is 67.3 Å². The van der Waals surface area contributed by atoms with Gasteiger partial charge in [-0.3, -0.25) is 14.9 Å². The second-order valence-electron chi connectivity index (χ2n) is 8.06. The summed E-state index contributed by atoms with van der Waals surface area (Å²) in [6.07, 6.45) is 0.380. The second-order valence-corrected chi connectivity index (χ2v) is 9.22. The van der Waals surface area contributed by atoms with E-state index in [1.54, 1.807) is 43.4 Å². The number of nitro groups is 1. The molecule has 11 nitrogen and oxygen atoms in total. The van der Waals surface area contributed by atoms with Crippen LogP contribution in [0.2, 0.25) is 0 Å². The number of nitro benzene ring substituents is 1. The molecule has 12 heteroatoms. The first-order chi connectivity index (χ1) is 16.0. The Bertz CT molecular complexity index is 1060. The van der Waals surface area contributed by atoms with E-state index in [-0.39, 0.29) is 22.3 Å². The summed E-state index contributed by atoms with van der Waals surface area (Å²) in [5.41, 5.74) is 2.20. The molecule has 2 aromatic carbocycles. The largest absolute Gasteiger partial charge is 0.501 e. The highest BCUT2D eigenvalue weighted by molar-refractivity contribution is 14.1. The van der Waals surface area contributed by atoms with Crippen LogP contribution >= 0.6 is 22.6 Å². The van der Waals surface area contributed by atoms with Crippen LogP contribution in [0.3, 0.4) is 0 Å². The van der Waals surface area contributed by atoms with Crippen LogP contribution < -0.4 is 10.7 Å². The molecular formula is C22H25IN4O7. The Hall–Kier alpha value is -3.26. The van der Waals surface area contributed by atoms with Gasteiger partial charge >= 0.3 is 11.8 Å². The Labute approximate surface area is 209 Å². The number of alkyl carbamates (subject to hydrolysis) is 1. The monoisotopic (exact) mass is 584 g/mol. The maximum Gasteiger partial charge on any atom is 0.408 e. The van der Waals surface area contributed by atoms with Crippen LogP contribution in [0, 0.1) is 13.7 Å². The lowest BCUT2D eigenvalue weighted by molar-refractivity contribution is -0.386. The quantitative estimate of drug-likeness (QED) is 0.177. The molecule has 0 saturated carbocycles. The molecule has 2 rings (SSSR count). The molecule has 0 aliphatic carbocycles. The van der Waals surface area contributed by atoms with E-state index in [1.807, 2.05) is 30.3 Å². The average Bonchev–Trinajstić information content (AvgIpc) is 2.74. The molecule has 2 amide bonds. The van der Waals surface area contributed by atoms with Gasteiger partial charge in [-0.15, -0.1) is 0 Å². The standard InChI is InChI=1S/C22H25IN4O7/c1-22(2,3)34-21(30)25-17(13-33-12-14-7-5-4-6-8-14)20(29)26-24-11-15-9-16(23)19(28)18(10-15)27(31)32/h4-11,17,28H,12-13H2,1-3H3,(H,25,30)(H,26,29)/b24-11-/t17-/m0/s1. The second kappa shape index (κ2) is 12.3. The zero-order chi connectivity index (χ0) is 25.3. The molecule has 0 spiro atoms. The fourth-order valence-electron chi connectivity index (χ4n) is 2.57. The molecule has 2 aromatic rings. The van der Waals surface area contributed by atoms with Gasteiger partial charge in [-0.2, -0.15) is 5.10 Å². The first-order valence-corrected chi connectivity index (χ1v) is 11.1. The van der Waals surface area contributed by atoms with Crippen LogP contribution in [0.1, 0.15) is 31.9 Å². The lowest BCUT2D eigenvalue weighted by atomic mass is 10.2. The third-order valence-electron chi connectivity index (χ3n) is 4.05. The molecule has 0 bridgehead atoms. The van der Waals surface area contributed by atoms with Crippen molar-refractivity contribution in [3.63, 3.8) is 0 Å². The highest BCUT2D eigenvalue weighted by atomic mass is 127. The van der Waals surface area contributed by atoms with Crippen molar-refractivity contribution >= 4 is 46.5 Å². The van der Waals surface area contributed by atoms with Crippen LogP contribution in [0.5, 0.6) is 5.75 Å². The average molecular weight is 584 g/mol. The number of halogens is 1. The maximum absolute atomic E-state index is 12.6. The van der Waals surface area contributed by atoms with Crippen molar-refractivity contribution in [1.29, 1.82) is 0 Å². The molecule has 0 unspecified atom stereocenters. The smallest absolute Gasteiger partial charge is 0.408 e. The van der Waals surface area contributed by atoms with Crippen molar-refractivity contribution in [2.24, 2.45) is 5.10 Å². The number of aromatic hydroxyl groups is 1. The lowest BCUT2D eigenvalue weighted by Gasteiger charge is -2.22. The molecule has 0 aliphatic heterocycles. The van der Waals surface area contributed by atoms with Crippen molar-refractivity contribution < 1.29 is 29.1 Å². The highest BCUT2D eigenvalue weighted by Crippen LogP contribution is 2.31. The van der Waals surface area contributed by atoms with E-state index in [0.717, 1.165) is 11.6 Å². The topological polar surface area (TPSA) is 152 Å². The van der Waals surface area contributed by atoms with Gasteiger partial charge < -0.3 is 19.9 Å². The molecule has 3 N–H and O–H groups in total. The van der Waals surface area contributed by atoms with Crippen LogP contribution in [0.15, 0.2) is 47.6 Å². The molecule has 34 heavy (non-hydrogen) atoms. The SMILES string of the molecule is CC(C)(C)OC(=O)N[C@@H](COCc1ccccc1)C(=O)N/N=C\c1cc(I)c(O)c([N+](=O)[O-])c1. The Morgan fingerprint density at radius 1 is 1.26 bits per heavy atom. The summed E-state index contributed by atoms with van der Waals surface area (Å²) >= 11 is 1.75. The third-order valence-corrected chi connectivity index (χ3v) is 4.88. The van der Waals surface area contributed by atoms with E-state index >= 15 is 0 Å². The molecule has 0 aromatic heterocycles. The molecule has 0 saturated heterocycles. The molecule has 182 valence electrons.